The normalized spacial score (nSPS) is 37.9. The van der Waals surface area contributed by atoms with Gasteiger partial charge >= 0.3 is 0 Å². The van der Waals surface area contributed by atoms with Gasteiger partial charge in [0.1, 0.15) is 0 Å². The van der Waals surface area contributed by atoms with Gasteiger partial charge in [-0.25, -0.2) is 0 Å². The third kappa shape index (κ3) is 2.53. The SMILES string of the molecule is CNC1(C(N)=O)CCCC(N2CCC(OC)C2)C1. The second-order valence-electron chi connectivity index (χ2n) is 5.59. The van der Waals surface area contributed by atoms with E-state index in [0.29, 0.717) is 12.1 Å². The van der Waals surface area contributed by atoms with E-state index in [2.05, 4.69) is 10.2 Å². The number of amides is 1. The highest BCUT2D eigenvalue weighted by Gasteiger charge is 2.42. The maximum Gasteiger partial charge on any atom is 0.237 e. The maximum atomic E-state index is 11.7. The number of primary amides is 1. The molecule has 2 fully saturated rings. The number of likely N-dealkylation sites (N-methyl/N-ethyl adjacent to an activating group) is 1. The molecule has 2 aliphatic rings. The van der Waals surface area contributed by atoms with Crippen molar-refractivity contribution in [1.29, 1.82) is 0 Å². The molecule has 3 N–H and O–H groups in total. The molecule has 1 amide bonds. The number of rotatable bonds is 4. The number of ether oxygens (including phenoxy) is 1. The second kappa shape index (κ2) is 5.55. The van der Waals surface area contributed by atoms with Gasteiger partial charge in [0.25, 0.3) is 0 Å². The Kier molecular flexibility index (Phi) is 4.25. The van der Waals surface area contributed by atoms with E-state index < -0.39 is 5.54 Å². The largest absolute Gasteiger partial charge is 0.380 e. The molecule has 0 radical (unpaired) electrons. The van der Waals surface area contributed by atoms with Gasteiger partial charge in [0.15, 0.2) is 0 Å². The van der Waals surface area contributed by atoms with Crippen molar-refractivity contribution < 1.29 is 9.53 Å². The first-order valence-corrected chi connectivity index (χ1v) is 6.87. The van der Waals surface area contributed by atoms with E-state index >= 15 is 0 Å². The average Bonchev–Trinajstić information content (AvgIpc) is 2.87. The van der Waals surface area contributed by atoms with Gasteiger partial charge in [0.2, 0.25) is 5.91 Å². The van der Waals surface area contributed by atoms with Crippen molar-refractivity contribution in [3.63, 3.8) is 0 Å². The Morgan fingerprint density at radius 3 is 2.83 bits per heavy atom. The quantitative estimate of drug-likeness (QED) is 0.747. The number of nitrogens with two attached hydrogens (primary N) is 1. The van der Waals surface area contributed by atoms with Crippen LogP contribution in [0.4, 0.5) is 0 Å². The summed E-state index contributed by atoms with van der Waals surface area (Å²) in [6.07, 6.45) is 5.35. The lowest BCUT2D eigenvalue weighted by molar-refractivity contribution is -0.126. The summed E-state index contributed by atoms with van der Waals surface area (Å²) in [6.45, 7) is 2.06. The summed E-state index contributed by atoms with van der Waals surface area (Å²) in [7, 11) is 3.62. The fraction of sp³-hybridized carbons (Fsp3) is 0.923. The van der Waals surface area contributed by atoms with E-state index in [1.165, 1.54) is 0 Å². The highest BCUT2D eigenvalue weighted by molar-refractivity contribution is 5.84. The lowest BCUT2D eigenvalue weighted by Crippen LogP contribution is -2.59. The van der Waals surface area contributed by atoms with Crippen molar-refractivity contribution in [3.05, 3.63) is 0 Å². The molecule has 18 heavy (non-hydrogen) atoms. The molecule has 5 heteroatoms. The monoisotopic (exact) mass is 255 g/mol. The molecule has 0 aromatic rings. The predicted octanol–water partition coefficient (Wildman–Crippen LogP) is 0.0932. The minimum absolute atomic E-state index is 0.211. The predicted molar refractivity (Wildman–Crippen MR) is 70.2 cm³/mol. The molecule has 0 bridgehead atoms. The molecule has 1 aliphatic carbocycles. The molecule has 3 atom stereocenters. The Hall–Kier alpha value is -0.650. The van der Waals surface area contributed by atoms with Crippen LogP contribution in [0.3, 0.4) is 0 Å². The molecule has 2 rings (SSSR count). The number of likely N-dealkylation sites (tertiary alicyclic amines) is 1. The van der Waals surface area contributed by atoms with Crippen molar-refractivity contribution in [2.45, 2.75) is 49.8 Å². The summed E-state index contributed by atoms with van der Waals surface area (Å²) in [5, 5.41) is 3.16. The highest BCUT2D eigenvalue weighted by Crippen LogP contribution is 2.32. The first-order valence-electron chi connectivity index (χ1n) is 6.87. The van der Waals surface area contributed by atoms with Crippen LogP contribution in [0.5, 0.6) is 0 Å². The van der Waals surface area contributed by atoms with Crippen LogP contribution in [0.2, 0.25) is 0 Å². The molecule has 3 unspecified atom stereocenters. The third-order valence-electron chi connectivity index (χ3n) is 4.70. The van der Waals surface area contributed by atoms with E-state index in [9.17, 15) is 4.79 Å². The Balaban J connectivity index is 2.00. The highest BCUT2D eigenvalue weighted by atomic mass is 16.5. The maximum absolute atomic E-state index is 11.7. The number of nitrogens with one attached hydrogen (secondary N) is 1. The molecule has 5 nitrogen and oxygen atoms in total. The molecule has 0 aromatic heterocycles. The van der Waals surface area contributed by atoms with Gasteiger partial charge in [0, 0.05) is 26.2 Å². The molecule has 1 heterocycles. The molecule has 1 saturated carbocycles. The zero-order valence-electron chi connectivity index (χ0n) is 11.4. The van der Waals surface area contributed by atoms with Gasteiger partial charge in [0.05, 0.1) is 11.6 Å². The second-order valence-corrected chi connectivity index (χ2v) is 5.59. The summed E-state index contributed by atoms with van der Waals surface area (Å²) >= 11 is 0. The van der Waals surface area contributed by atoms with Crippen LogP contribution in [0.15, 0.2) is 0 Å². The van der Waals surface area contributed by atoms with Gasteiger partial charge in [-0.15, -0.1) is 0 Å². The number of methoxy groups -OCH3 is 1. The van der Waals surface area contributed by atoms with Crippen molar-refractivity contribution >= 4 is 5.91 Å². The van der Waals surface area contributed by atoms with Crippen molar-refractivity contribution in [2.24, 2.45) is 5.73 Å². The van der Waals surface area contributed by atoms with Gasteiger partial charge in [-0.1, -0.05) is 0 Å². The van der Waals surface area contributed by atoms with Crippen LogP contribution < -0.4 is 11.1 Å². The van der Waals surface area contributed by atoms with Crippen LogP contribution in [-0.4, -0.2) is 55.7 Å². The number of nitrogens with zero attached hydrogens (tertiary/aromatic N) is 1. The van der Waals surface area contributed by atoms with Crippen molar-refractivity contribution in [3.8, 4) is 0 Å². The van der Waals surface area contributed by atoms with Crippen LogP contribution in [0.25, 0.3) is 0 Å². The number of hydrogen-bond donors (Lipinski definition) is 2. The van der Waals surface area contributed by atoms with Crippen LogP contribution in [0.1, 0.15) is 32.1 Å². The lowest BCUT2D eigenvalue weighted by atomic mass is 9.78. The minimum atomic E-state index is -0.506. The van der Waals surface area contributed by atoms with Crippen LogP contribution in [0, 0.1) is 0 Å². The molecule has 1 saturated heterocycles. The number of hydrogen-bond acceptors (Lipinski definition) is 4. The molecular formula is C13H25N3O2. The van der Waals surface area contributed by atoms with Crippen LogP contribution >= 0.6 is 0 Å². The van der Waals surface area contributed by atoms with E-state index in [1.807, 2.05) is 7.05 Å². The number of carbonyl (C=O) groups is 1. The fourth-order valence-electron chi connectivity index (χ4n) is 3.41. The summed E-state index contributed by atoms with van der Waals surface area (Å²) in [5.41, 5.74) is 5.08. The van der Waals surface area contributed by atoms with Gasteiger partial charge in [-0.2, -0.15) is 0 Å². The first kappa shape index (κ1) is 13.8. The van der Waals surface area contributed by atoms with E-state index in [-0.39, 0.29) is 5.91 Å². The summed E-state index contributed by atoms with van der Waals surface area (Å²) < 4.78 is 5.41. The Morgan fingerprint density at radius 2 is 2.28 bits per heavy atom. The summed E-state index contributed by atoms with van der Waals surface area (Å²) in [6, 6.07) is 0.457. The smallest absolute Gasteiger partial charge is 0.237 e. The third-order valence-corrected chi connectivity index (χ3v) is 4.70. The molecule has 1 aliphatic heterocycles. The van der Waals surface area contributed by atoms with Gasteiger partial charge < -0.3 is 15.8 Å². The first-order chi connectivity index (χ1) is 8.61. The molecular weight excluding hydrogens is 230 g/mol. The summed E-state index contributed by atoms with van der Waals surface area (Å²) in [5.74, 6) is -0.211. The average molecular weight is 255 g/mol. The van der Waals surface area contributed by atoms with E-state index in [0.717, 1.165) is 45.2 Å². The Morgan fingerprint density at radius 1 is 1.50 bits per heavy atom. The molecule has 0 aromatic carbocycles. The minimum Gasteiger partial charge on any atom is -0.380 e. The standard InChI is InChI=1S/C13H25N3O2/c1-15-13(12(14)17)6-3-4-10(8-13)16-7-5-11(9-16)18-2/h10-11,15H,3-9H2,1-2H3,(H2,14,17). The zero-order chi connectivity index (χ0) is 13.2. The van der Waals surface area contributed by atoms with Crippen LogP contribution in [-0.2, 0) is 9.53 Å². The van der Waals surface area contributed by atoms with E-state index in [1.54, 1.807) is 7.11 Å². The molecule has 0 spiro atoms. The topological polar surface area (TPSA) is 67.6 Å². The van der Waals surface area contributed by atoms with Gasteiger partial charge in [-0.05, 0) is 39.2 Å². The Labute approximate surface area is 109 Å². The summed E-state index contributed by atoms with van der Waals surface area (Å²) in [4.78, 5) is 14.2. The molecule has 104 valence electrons. The van der Waals surface area contributed by atoms with Crippen molar-refractivity contribution in [1.82, 2.24) is 10.2 Å². The number of carbonyl (C=O) groups excluding carboxylic acids is 1. The lowest BCUT2D eigenvalue weighted by Gasteiger charge is -2.41. The fourth-order valence-corrected chi connectivity index (χ4v) is 3.41. The van der Waals surface area contributed by atoms with Gasteiger partial charge in [-0.3, -0.25) is 9.69 Å². The Bertz CT molecular complexity index is 311. The zero-order valence-corrected chi connectivity index (χ0v) is 11.4. The van der Waals surface area contributed by atoms with Crippen molar-refractivity contribution in [2.75, 3.05) is 27.2 Å². The van der Waals surface area contributed by atoms with E-state index in [4.69, 9.17) is 10.5 Å².